The Labute approximate surface area is 100 Å². The number of carbonyl (C=O) groups excluding carboxylic acids is 1. The molecule has 0 radical (unpaired) electrons. The molecule has 0 aromatic carbocycles. The molecule has 0 spiro atoms. The molecule has 4 heteroatoms. The highest BCUT2D eigenvalue weighted by molar-refractivity contribution is 8.01. The Hall–Kier alpha value is -0.870. The van der Waals surface area contributed by atoms with E-state index in [1.807, 2.05) is 19.1 Å². The van der Waals surface area contributed by atoms with Gasteiger partial charge in [0.25, 0.3) is 0 Å². The van der Waals surface area contributed by atoms with Crippen molar-refractivity contribution in [2.75, 3.05) is 6.54 Å². The Balaban J connectivity index is 1.82. The van der Waals surface area contributed by atoms with E-state index >= 15 is 0 Å². The summed E-state index contributed by atoms with van der Waals surface area (Å²) in [7, 11) is 0. The SMILES string of the molecule is Cc1cccc(CCC2CNC(C=O)S2)n1. The lowest BCUT2D eigenvalue weighted by molar-refractivity contribution is -0.107. The zero-order chi connectivity index (χ0) is 11.4. The van der Waals surface area contributed by atoms with Gasteiger partial charge in [0.2, 0.25) is 0 Å². The van der Waals surface area contributed by atoms with Gasteiger partial charge >= 0.3 is 0 Å². The first kappa shape index (κ1) is 11.6. The number of hydrogen-bond acceptors (Lipinski definition) is 4. The van der Waals surface area contributed by atoms with Crippen LogP contribution >= 0.6 is 11.8 Å². The number of hydrogen-bond donors (Lipinski definition) is 1. The Morgan fingerprint density at radius 2 is 2.50 bits per heavy atom. The zero-order valence-corrected chi connectivity index (χ0v) is 10.2. The first-order valence-electron chi connectivity index (χ1n) is 5.54. The fraction of sp³-hybridized carbons (Fsp3) is 0.500. The molecule has 86 valence electrons. The molecule has 16 heavy (non-hydrogen) atoms. The van der Waals surface area contributed by atoms with E-state index in [2.05, 4.69) is 16.4 Å². The first-order chi connectivity index (χ1) is 7.78. The summed E-state index contributed by atoms with van der Waals surface area (Å²) >= 11 is 1.73. The highest BCUT2D eigenvalue weighted by Crippen LogP contribution is 2.24. The Kier molecular flexibility index (Phi) is 3.96. The fourth-order valence-corrected chi connectivity index (χ4v) is 2.97. The van der Waals surface area contributed by atoms with Crippen LogP contribution in [0.25, 0.3) is 0 Å². The van der Waals surface area contributed by atoms with Gasteiger partial charge in [0.1, 0.15) is 11.7 Å². The molecule has 1 aromatic heterocycles. The van der Waals surface area contributed by atoms with E-state index in [1.54, 1.807) is 11.8 Å². The zero-order valence-electron chi connectivity index (χ0n) is 9.35. The molecular weight excluding hydrogens is 220 g/mol. The molecule has 3 nitrogen and oxygen atoms in total. The molecule has 2 rings (SSSR count). The molecule has 1 aliphatic rings. The van der Waals surface area contributed by atoms with E-state index < -0.39 is 0 Å². The second-order valence-electron chi connectivity index (χ2n) is 4.03. The third kappa shape index (κ3) is 3.06. The monoisotopic (exact) mass is 236 g/mol. The predicted molar refractivity (Wildman–Crippen MR) is 66.5 cm³/mol. The lowest BCUT2D eigenvalue weighted by atomic mass is 10.1. The van der Waals surface area contributed by atoms with Crippen LogP contribution in [0.3, 0.4) is 0 Å². The molecule has 2 unspecified atom stereocenters. The maximum absolute atomic E-state index is 10.6. The van der Waals surface area contributed by atoms with Crippen LogP contribution in [0.1, 0.15) is 17.8 Å². The number of aldehydes is 1. The van der Waals surface area contributed by atoms with Crippen LogP contribution in [-0.2, 0) is 11.2 Å². The number of aryl methyl sites for hydroxylation is 2. The molecule has 0 aliphatic carbocycles. The van der Waals surface area contributed by atoms with Crippen molar-refractivity contribution in [3.63, 3.8) is 0 Å². The minimum Gasteiger partial charge on any atom is -0.301 e. The minimum absolute atomic E-state index is 0.00420. The van der Waals surface area contributed by atoms with Crippen molar-refractivity contribution in [2.45, 2.75) is 30.4 Å². The summed E-state index contributed by atoms with van der Waals surface area (Å²) in [6.07, 6.45) is 3.06. The van der Waals surface area contributed by atoms with Crippen molar-refractivity contribution in [1.82, 2.24) is 10.3 Å². The predicted octanol–water partition coefficient (Wildman–Crippen LogP) is 1.55. The van der Waals surface area contributed by atoms with Crippen LogP contribution in [0, 0.1) is 6.92 Å². The van der Waals surface area contributed by atoms with Crippen LogP contribution in [0.4, 0.5) is 0 Å². The summed E-state index contributed by atoms with van der Waals surface area (Å²) in [6.45, 7) is 2.94. The number of rotatable bonds is 4. The van der Waals surface area contributed by atoms with Gasteiger partial charge in [0.15, 0.2) is 0 Å². The lowest BCUT2D eigenvalue weighted by Crippen LogP contribution is -2.21. The number of thioether (sulfide) groups is 1. The van der Waals surface area contributed by atoms with Crippen LogP contribution in [0.5, 0.6) is 0 Å². The average Bonchev–Trinajstić information content (AvgIpc) is 2.74. The average molecular weight is 236 g/mol. The minimum atomic E-state index is -0.00420. The molecule has 2 atom stereocenters. The molecule has 0 amide bonds. The maximum Gasteiger partial charge on any atom is 0.147 e. The summed E-state index contributed by atoms with van der Waals surface area (Å²) in [5, 5.41) is 3.71. The summed E-state index contributed by atoms with van der Waals surface area (Å²) < 4.78 is 0. The van der Waals surface area contributed by atoms with Crippen LogP contribution in [0.2, 0.25) is 0 Å². The molecule has 0 saturated carbocycles. The third-order valence-electron chi connectivity index (χ3n) is 2.68. The van der Waals surface area contributed by atoms with Crippen molar-refractivity contribution in [1.29, 1.82) is 0 Å². The van der Waals surface area contributed by atoms with Gasteiger partial charge in [-0.25, -0.2) is 0 Å². The van der Waals surface area contributed by atoms with Crippen molar-refractivity contribution < 1.29 is 4.79 Å². The number of nitrogens with one attached hydrogen (secondary N) is 1. The summed E-state index contributed by atoms with van der Waals surface area (Å²) in [4.78, 5) is 15.1. The van der Waals surface area contributed by atoms with E-state index in [4.69, 9.17) is 0 Å². The molecular formula is C12H16N2OS. The Bertz CT molecular complexity index is 370. The fourth-order valence-electron chi connectivity index (χ4n) is 1.85. The smallest absolute Gasteiger partial charge is 0.147 e. The van der Waals surface area contributed by atoms with Gasteiger partial charge < -0.3 is 4.79 Å². The maximum atomic E-state index is 10.6. The van der Waals surface area contributed by atoms with E-state index in [0.29, 0.717) is 5.25 Å². The van der Waals surface area contributed by atoms with Gasteiger partial charge in [0, 0.05) is 23.2 Å². The number of pyridine rings is 1. The number of nitrogens with zero attached hydrogens (tertiary/aromatic N) is 1. The van der Waals surface area contributed by atoms with Crippen molar-refractivity contribution in [2.24, 2.45) is 0 Å². The van der Waals surface area contributed by atoms with Gasteiger partial charge in [0.05, 0.1) is 0 Å². The Morgan fingerprint density at radius 1 is 1.62 bits per heavy atom. The normalized spacial score (nSPS) is 24.6. The van der Waals surface area contributed by atoms with Gasteiger partial charge in [-0.2, -0.15) is 0 Å². The van der Waals surface area contributed by atoms with E-state index in [1.165, 1.54) is 0 Å². The quantitative estimate of drug-likeness (QED) is 0.805. The van der Waals surface area contributed by atoms with Gasteiger partial charge in [-0.05, 0) is 31.9 Å². The molecule has 0 bridgehead atoms. The van der Waals surface area contributed by atoms with Crippen molar-refractivity contribution in [3.05, 3.63) is 29.6 Å². The van der Waals surface area contributed by atoms with Gasteiger partial charge in [-0.15, -0.1) is 11.8 Å². The summed E-state index contributed by atoms with van der Waals surface area (Å²) in [6, 6.07) is 6.13. The second-order valence-corrected chi connectivity index (χ2v) is 5.48. The number of carbonyl (C=O) groups is 1. The molecule has 1 aromatic rings. The van der Waals surface area contributed by atoms with Crippen LogP contribution < -0.4 is 5.32 Å². The van der Waals surface area contributed by atoms with E-state index in [0.717, 1.165) is 37.1 Å². The van der Waals surface area contributed by atoms with E-state index in [-0.39, 0.29) is 5.37 Å². The van der Waals surface area contributed by atoms with Crippen molar-refractivity contribution >= 4 is 18.0 Å². The molecule has 1 N–H and O–H groups in total. The van der Waals surface area contributed by atoms with E-state index in [9.17, 15) is 4.79 Å². The van der Waals surface area contributed by atoms with Gasteiger partial charge in [-0.3, -0.25) is 10.3 Å². The lowest BCUT2D eigenvalue weighted by Gasteiger charge is -2.07. The third-order valence-corrected chi connectivity index (χ3v) is 4.04. The van der Waals surface area contributed by atoms with Crippen LogP contribution in [0.15, 0.2) is 18.2 Å². The first-order valence-corrected chi connectivity index (χ1v) is 6.49. The summed E-state index contributed by atoms with van der Waals surface area (Å²) in [5.41, 5.74) is 2.22. The molecule has 1 saturated heterocycles. The van der Waals surface area contributed by atoms with Gasteiger partial charge in [-0.1, -0.05) is 6.07 Å². The largest absolute Gasteiger partial charge is 0.301 e. The molecule has 2 heterocycles. The standard InChI is InChI=1S/C12H16N2OS/c1-9-3-2-4-10(14-9)5-6-11-7-13-12(8-15)16-11/h2-4,8,11-13H,5-7H2,1H3. The topological polar surface area (TPSA) is 42.0 Å². The molecule has 1 fully saturated rings. The highest BCUT2D eigenvalue weighted by atomic mass is 32.2. The molecule has 1 aliphatic heterocycles. The second kappa shape index (κ2) is 5.46. The Morgan fingerprint density at radius 3 is 3.19 bits per heavy atom. The van der Waals surface area contributed by atoms with Crippen molar-refractivity contribution in [3.8, 4) is 0 Å². The van der Waals surface area contributed by atoms with Crippen LogP contribution in [-0.4, -0.2) is 28.4 Å². The summed E-state index contributed by atoms with van der Waals surface area (Å²) in [5.74, 6) is 0. The number of aromatic nitrogens is 1. The highest BCUT2D eigenvalue weighted by Gasteiger charge is 2.23.